The fourth-order valence-corrected chi connectivity index (χ4v) is 3.45. The lowest BCUT2D eigenvalue weighted by Crippen LogP contribution is -2.56. The molecule has 0 aliphatic rings. The summed E-state index contributed by atoms with van der Waals surface area (Å²) in [7, 11) is 1.45. The maximum Gasteiger partial charge on any atom is 0.328 e. The normalized spacial score (nSPS) is 11.4. The van der Waals surface area contributed by atoms with Crippen molar-refractivity contribution in [2.45, 2.75) is 18.5 Å². The van der Waals surface area contributed by atoms with E-state index in [1.807, 2.05) is 5.32 Å². The molecule has 0 saturated carbocycles. The third-order valence-corrected chi connectivity index (χ3v) is 5.68. The number of nitrogens with two attached hydrogens (primary N) is 1. The average molecular weight is 566 g/mol. The number of alkyl halides is 4. The van der Waals surface area contributed by atoms with Crippen molar-refractivity contribution < 1.29 is 41.9 Å². The number of rotatable bonds is 14. The summed E-state index contributed by atoms with van der Waals surface area (Å²) in [4.78, 5) is 33.4. The van der Waals surface area contributed by atoms with Crippen LogP contribution >= 0.6 is 0 Å². The number of nitro groups is 1. The van der Waals surface area contributed by atoms with Gasteiger partial charge in [-0.3, -0.25) is 14.9 Å². The van der Waals surface area contributed by atoms with Crippen molar-refractivity contribution in [3.05, 3.63) is 86.8 Å². The highest BCUT2D eigenvalue weighted by Gasteiger charge is 2.56. The summed E-state index contributed by atoms with van der Waals surface area (Å²) in [6.07, 6.45) is 0. The van der Waals surface area contributed by atoms with E-state index < -0.39 is 52.9 Å². The summed E-state index contributed by atoms with van der Waals surface area (Å²) in [5, 5.41) is 17.3. The number of anilines is 2. The Hall–Kier alpha value is -4.95. The predicted molar refractivity (Wildman–Crippen MR) is 136 cm³/mol. The topological polar surface area (TPSA) is 160 Å². The minimum atomic E-state index is -4.75. The molecule has 3 aromatic rings. The molecule has 1 amide bonds. The van der Waals surface area contributed by atoms with Crippen molar-refractivity contribution in [3.63, 3.8) is 0 Å². The molecule has 11 nitrogen and oxygen atoms in total. The predicted octanol–water partition coefficient (Wildman–Crippen LogP) is 3.55. The van der Waals surface area contributed by atoms with Gasteiger partial charge in [0, 0.05) is 27.8 Å². The number of nitro benzene ring substituents is 1. The number of hydrogen-bond donors (Lipinski definition) is 4. The molecule has 0 unspecified atom stereocenters. The van der Waals surface area contributed by atoms with Gasteiger partial charge < -0.3 is 25.8 Å². The van der Waals surface area contributed by atoms with Crippen LogP contribution in [0.5, 0.6) is 11.5 Å². The van der Waals surface area contributed by atoms with Gasteiger partial charge in [0.25, 0.3) is 11.4 Å². The van der Waals surface area contributed by atoms with Gasteiger partial charge in [-0.15, -0.1) is 0 Å². The van der Waals surface area contributed by atoms with Crippen LogP contribution in [0.2, 0.25) is 0 Å². The molecule has 0 bridgehead atoms. The number of nitrogens with zero attached hydrogens (tertiary/aromatic N) is 1. The second-order valence-corrected chi connectivity index (χ2v) is 8.39. The molecule has 3 aromatic carbocycles. The summed E-state index contributed by atoms with van der Waals surface area (Å²) < 4.78 is 69.3. The Morgan fingerprint density at radius 3 is 2.23 bits per heavy atom. The van der Waals surface area contributed by atoms with Crippen LogP contribution in [-0.2, 0) is 6.61 Å². The molecular weight excluding hydrogens is 542 g/mol. The average Bonchev–Trinajstić information content (AvgIpc) is 2.93. The monoisotopic (exact) mass is 566 g/mol. The van der Waals surface area contributed by atoms with Gasteiger partial charge in [-0.25, -0.2) is 0 Å². The Morgan fingerprint density at radius 1 is 1.02 bits per heavy atom. The van der Waals surface area contributed by atoms with Gasteiger partial charge in [0.05, 0.1) is 25.1 Å². The Labute approximate surface area is 224 Å². The molecule has 0 radical (unpaired) electrons. The van der Waals surface area contributed by atoms with E-state index in [1.165, 1.54) is 36.6 Å². The molecule has 0 aliphatic heterocycles. The highest BCUT2D eigenvalue weighted by atomic mass is 19.3. The molecule has 15 heteroatoms. The van der Waals surface area contributed by atoms with E-state index in [1.54, 1.807) is 24.3 Å². The molecule has 0 aromatic heterocycles. The number of para-hydroxylation sites is 2. The molecular formula is C25H24F4N5O6+. The highest BCUT2D eigenvalue weighted by molar-refractivity contribution is 5.95. The summed E-state index contributed by atoms with van der Waals surface area (Å²) in [5.41, 5.74) is 3.59. The van der Waals surface area contributed by atoms with E-state index in [9.17, 15) is 37.4 Å². The van der Waals surface area contributed by atoms with Crippen molar-refractivity contribution in [2.75, 3.05) is 30.8 Å². The zero-order chi connectivity index (χ0) is 29.5. The number of carbonyl (C=O) groups is 1. The van der Waals surface area contributed by atoms with Gasteiger partial charge in [0.2, 0.25) is 5.91 Å². The molecule has 0 heterocycles. The minimum Gasteiger partial charge on any atom is -0.497 e. The molecule has 0 aliphatic carbocycles. The number of amides is 1. The second kappa shape index (κ2) is 12.3. The molecule has 40 heavy (non-hydrogen) atoms. The fourth-order valence-electron chi connectivity index (χ4n) is 3.45. The van der Waals surface area contributed by atoms with Gasteiger partial charge in [0.1, 0.15) is 18.0 Å². The van der Waals surface area contributed by atoms with E-state index in [0.717, 1.165) is 12.1 Å². The van der Waals surface area contributed by atoms with Crippen molar-refractivity contribution in [1.29, 1.82) is 0 Å². The first-order valence-corrected chi connectivity index (χ1v) is 11.5. The Balaban J connectivity index is 1.86. The minimum absolute atomic E-state index is 0.132. The Morgan fingerprint density at radius 2 is 1.65 bits per heavy atom. The van der Waals surface area contributed by atoms with Gasteiger partial charge in [-0.1, -0.05) is 24.3 Å². The molecule has 5 N–H and O–H groups in total. The lowest BCUT2D eigenvalue weighted by molar-refractivity contribution is -0.384. The van der Waals surface area contributed by atoms with Crippen molar-refractivity contribution in [3.8, 4) is 11.5 Å². The first-order chi connectivity index (χ1) is 18.9. The smallest absolute Gasteiger partial charge is 0.328 e. The van der Waals surface area contributed by atoms with Crippen LogP contribution in [0.25, 0.3) is 0 Å². The SMILES string of the molecule is COc1ccc(COc2cc(C(N)=O)cc([N+](=O)[O-])c2NCC(F)(F)C(F)(F)CNc2ccccc2[NH+]=O)cc1. The van der Waals surface area contributed by atoms with E-state index in [0.29, 0.717) is 11.3 Å². The van der Waals surface area contributed by atoms with Crippen LogP contribution in [0.3, 0.4) is 0 Å². The lowest BCUT2D eigenvalue weighted by atomic mass is 10.1. The molecule has 0 saturated heterocycles. The number of halogens is 4. The number of nitrogens with one attached hydrogen (secondary N) is 3. The van der Waals surface area contributed by atoms with Crippen molar-refractivity contribution in [1.82, 2.24) is 0 Å². The first kappa shape index (κ1) is 29.6. The number of methoxy groups -OCH3 is 1. The highest BCUT2D eigenvalue weighted by Crippen LogP contribution is 2.40. The Kier molecular flexibility index (Phi) is 9.08. The number of primary amides is 1. The summed E-state index contributed by atoms with van der Waals surface area (Å²) in [5.74, 6) is -10.4. The molecule has 0 fully saturated rings. The van der Waals surface area contributed by atoms with Crippen LogP contribution < -0.4 is 31.0 Å². The largest absolute Gasteiger partial charge is 0.497 e. The molecule has 0 spiro atoms. The van der Waals surface area contributed by atoms with Crippen LogP contribution in [0.4, 0.5) is 40.3 Å². The summed E-state index contributed by atoms with van der Waals surface area (Å²) in [6.45, 7) is -3.55. The first-order valence-electron chi connectivity index (χ1n) is 11.5. The third kappa shape index (κ3) is 6.92. The molecule has 3 rings (SSSR count). The van der Waals surface area contributed by atoms with Crippen molar-refractivity contribution in [2.24, 2.45) is 5.73 Å². The van der Waals surface area contributed by atoms with Gasteiger partial charge >= 0.3 is 11.8 Å². The maximum absolute atomic E-state index is 14.7. The van der Waals surface area contributed by atoms with Crippen molar-refractivity contribution >= 4 is 28.7 Å². The molecule has 0 atom stereocenters. The Bertz CT molecular complexity index is 1390. The number of benzene rings is 3. The van der Waals surface area contributed by atoms with E-state index >= 15 is 0 Å². The van der Waals surface area contributed by atoms with Gasteiger partial charge in [-0.2, -0.15) is 17.6 Å². The summed E-state index contributed by atoms with van der Waals surface area (Å²) >= 11 is 0. The number of ether oxygens (including phenoxy) is 2. The van der Waals surface area contributed by atoms with E-state index in [-0.39, 0.29) is 23.5 Å². The van der Waals surface area contributed by atoms with Gasteiger partial charge in [0.15, 0.2) is 11.4 Å². The van der Waals surface area contributed by atoms with E-state index in [4.69, 9.17) is 15.2 Å². The van der Waals surface area contributed by atoms with Gasteiger partial charge in [-0.05, 0) is 29.8 Å². The number of carbonyl (C=O) groups excluding carboxylic acids is 1. The fraction of sp³-hybridized carbons (Fsp3) is 0.240. The lowest BCUT2D eigenvalue weighted by Gasteiger charge is -2.27. The van der Waals surface area contributed by atoms with E-state index in [2.05, 4.69) is 5.32 Å². The third-order valence-electron chi connectivity index (χ3n) is 5.68. The quantitative estimate of drug-likeness (QED) is 0.131. The molecule has 212 valence electrons. The van der Waals surface area contributed by atoms with Crippen LogP contribution in [-0.4, -0.2) is 42.9 Å². The second-order valence-electron chi connectivity index (χ2n) is 8.39. The number of hydrogen-bond acceptors (Lipinski definition) is 8. The zero-order valence-electron chi connectivity index (χ0n) is 20.9. The van der Waals surface area contributed by atoms with Crippen LogP contribution in [0, 0.1) is 15.0 Å². The number of nitroso groups, excluding NO2 is 1. The maximum atomic E-state index is 14.7. The zero-order valence-corrected chi connectivity index (χ0v) is 20.9. The van der Waals surface area contributed by atoms with Crippen LogP contribution in [0.15, 0.2) is 60.7 Å². The van der Waals surface area contributed by atoms with Crippen LogP contribution in [0.1, 0.15) is 15.9 Å². The summed E-state index contributed by atoms with van der Waals surface area (Å²) in [6, 6.07) is 13.4. The standard InChI is InChI=1S/C25H23F4N5O6/c1-39-17-8-6-15(7-9-17)12-40-21-11-16(23(30)35)10-20(34(37)38)22(21)32-14-25(28,29)24(26,27)13-31-18-4-2-3-5-19(18)33-36/h2-11,31-32H,12-14H2,1H3,(H2,30,35)/p+1.